The van der Waals surface area contributed by atoms with Gasteiger partial charge in [-0.25, -0.2) is 12.8 Å². The summed E-state index contributed by atoms with van der Waals surface area (Å²) in [6.45, 7) is 5.05. The molecule has 0 aliphatic carbocycles. The Hall–Kier alpha value is -4.45. The van der Waals surface area contributed by atoms with Crippen LogP contribution in [-0.2, 0) is 16.6 Å². The highest BCUT2D eigenvalue weighted by Crippen LogP contribution is 2.32. The third kappa shape index (κ3) is 8.03. The summed E-state index contributed by atoms with van der Waals surface area (Å²) in [5.74, 6) is 0.804. The normalized spacial score (nSPS) is 17.4. The number of nitrogens with zero attached hydrogens (tertiary/aromatic N) is 2. The summed E-state index contributed by atoms with van der Waals surface area (Å²) in [5, 5.41) is 9.97. The van der Waals surface area contributed by atoms with Crippen molar-refractivity contribution in [1.82, 2.24) is 9.80 Å². The number of aliphatic hydroxyl groups is 1. The summed E-state index contributed by atoms with van der Waals surface area (Å²) >= 11 is 0. The van der Waals surface area contributed by atoms with Gasteiger partial charge in [-0.05, 0) is 86.3 Å². The van der Waals surface area contributed by atoms with Gasteiger partial charge in [0.2, 0.25) is 0 Å². The molecular weight excluding hydrogens is 609 g/mol. The van der Waals surface area contributed by atoms with Gasteiger partial charge in [0.15, 0.2) is 0 Å². The van der Waals surface area contributed by atoms with Crippen LogP contribution in [-0.4, -0.2) is 68.1 Å². The Morgan fingerprint density at radius 2 is 1.70 bits per heavy atom. The molecule has 1 aliphatic rings. The second-order valence-corrected chi connectivity index (χ2v) is 13.3. The van der Waals surface area contributed by atoms with Crippen molar-refractivity contribution >= 4 is 21.6 Å². The highest BCUT2D eigenvalue weighted by molar-refractivity contribution is 7.92. The summed E-state index contributed by atoms with van der Waals surface area (Å²) in [4.78, 5) is 17.4. The van der Waals surface area contributed by atoms with Crippen molar-refractivity contribution in [1.29, 1.82) is 0 Å². The number of hydrogen-bond acceptors (Lipinski definition) is 7. The number of para-hydroxylation sites is 1. The minimum atomic E-state index is -4.05. The molecule has 46 heavy (non-hydrogen) atoms. The van der Waals surface area contributed by atoms with Crippen molar-refractivity contribution in [3.05, 3.63) is 114 Å². The fourth-order valence-electron chi connectivity index (χ4n) is 5.30. The van der Waals surface area contributed by atoms with Crippen LogP contribution in [0.2, 0.25) is 0 Å². The van der Waals surface area contributed by atoms with Gasteiger partial charge in [-0.3, -0.25) is 14.4 Å². The van der Waals surface area contributed by atoms with Crippen LogP contribution in [0.15, 0.2) is 102 Å². The Bertz CT molecular complexity index is 1740. The van der Waals surface area contributed by atoms with Crippen molar-refractivity contribution in [2.75, 3.05) is 31.5 Å². The predicted molar refractivity (Wildman–Crippen MR) is 174 cm³/mol. The second kappa shape index (κ2) is 14.3. The number of benzene rings is 4. The lowest BCUT2D eigenvalue weighted by molar-refractivity contribution is 0.0341. The quantitative estimate of drug-likeness (QED) is 0.213. The molecule has 9 nitrogen and oxygen atoms in total. The largest absolute Gasteiger partial charge is 0.488 e. The summed E-state index contributed by atoms with van der Waals surface area (Å²) in [5.41, 5.74) is 1.41. The third-order valence-electron chi connectivity index (χ3n) is 7.89. The van der Waals surface area contributed by atoms with E-state index in [2.05, 4.69) is 9.62 Å². The number of aliphatic hydroxyl groups excluding tert-OH is 1. The Labute approximate surface area is 269 Å². The first-order valence-electron chi connectivity index (χ1n) is 15.0. The van der Waals surface area contributed by atoms with Crippen molar-refractivity contribution in [2.45, 2.75) is 37.4 Å². The monoisotopic (exact) mass is 647 g/mol. The number of hydrogen-bond donors (Lipinski definition) is 2. The van der Waals surface area contributed by atoms with Crippen LogP contribution < -0.4 is 14.2 Å². The highest BCUT2D eigenvalue weighted by Gasteiger charge is 2.34. The summed E-state index contributed by atoms with van der Waals surface area (Å²) in [6, 6.07) is 26.0. The van der Waals surface area contributed by atoms with Crippen LogP contribution in [0.3, 0.4) is 0 Å². The van der Waals surface area contributed by atoms with Crippen LogP contribution in [0, 0.1) is 11.7 Å². The average molecular weight is 648 g/mol. The number of ether oxygens (including phenoxy) is 2. The van der Waals surface area contributed by atoms with E-state index in [0.29, 0.717) is 25.4 Å². The standard InChI is InChI=1S/C35H38FN3O6S/c1-24-20-39(25(2)23-40)35(41)32-19-28(37-46(42,43)31-16-11-27(36)12-17-31)13-18-33(32)45-34(24)22-38(3)21-26-9-14-30(15-10-26)44-29-7-5-4-6-8-29/h4-19,24-25,34,37,40H,20-23H2,1-3H3/t24-,25-,34-/m1/s1. The van der Waals surface area contributed by atoms with Gasteiger partial charge in [-0.15, -0.1) is 0 Å². The molecule has 0 fully saturated rings. The number of nitrogens with one attached hydrogen (secondary N) is 1. The number of anilines is 1. The maximum atomic E-state index is 13.8. The number of amides is 1. The molecule has 1 amide bonds. The van der Waals surface area contributed by atoms with Gasteiger partial charge in [0.05, 0.1) is 23.1 Å². The maximum absolute atomic E-state index is 13.8. The van der Waals surface area contributed by atoms with Crippen molar-refractivity contribution in [2.24, 2.45) is 5.92 Å². The SMILES string of the molecule is C[C@@H]1CN([C@H](C)CO)C(=O)c2cc(NS(=O)(=O)c3ccc(F)cc3)ccc2O[C@@H]1CN(C)Cc1ccc(Oc2ccccc2)cc1. The number of rotatable bonds is 11. The molecule has 0 radical (unpaired) electrons. The average Bonchev–Trinajstić information content (AvgIpc) is 3.04. The molecule has 0 aromatic heterocycles. The molecule has 11 heteroatoms. The number of sulfonamides is 1. The minimum absolute atomic E-state index is 0.0909. The Kier molecular flexibility index (Phi) is 10.3. The molecule has 0 unspecified atom stereocenters. The van der Waals surface area contributed by atoms with E-state index in [1.54, 1.807) is 17.9 Å². The van der Waals surface area contributed by atoms with Gasteiger partial charge < -0.3 is 19.5 Å². The van der Waals surface area contributed by atoms with Crippen molar-refractivity contribution < 1.29 is 32.2 Å². The lowest BCUT2D eigenvalue weighted by Crippen LogP contribution is -2.49. The third-order valence-corrected chi connectivity index (χ3v) is 9.28. The molecule has 4 aromatic rings. The summed E-state index contributed by atoms with van der Waals surface area (Å²) in [6.07, 6.45) is -0.326. The van der Waals surface area contributed by atoms with Gasteiger partial charge >= 0.3 is 0 Å². The van der Waals surface area contributed by atoms with Crippen molar-refractivity contribution in [3.8, 4) is 17.2 Å². The van der Waals surface area contributed by atoms with Gasteiger partial charge in [-0.1, -0.05) is 37.3 Å². The van der Waals surface area contributed by atoms with Crippen LogP contribution in [0.4, 0.5) is 10.1 Å². The molecule has 0 saturated carbocycles. The van der Waals surface area contributed by atoms with Crippen LogP contribution in [0.25, 0.3) is 0 Å². The Balaban J connectivity index is 1.34. The molecule has 3 atom stereocenters. The first kappa shape index (κ1) is 32.9. The second-order valence-electron chi connectivity index (χ2n) is 11.6. The maximum Gasteiger partial charge on any atom is 0.261 e. The van der Waals surface area contributed by atoms with E-state index in [-0.39, 0.29) is 40.7 Å². The van der Waals surface area contributed by atoms with E-state index in [0.717, 1.165) is 29.2 Å². The number of halogens is 1. The molecule has 0 bridgehead atoms. The molecule has 1 heterocycles. The number of carbonyl (C=O) groups excluding carboxylic acids is 1. The van der Waals surface area contributed by atoms with Crippen molar-refractivity contribution in [3.63, 3.8) is 0 Å². The molecule has 242 valence electrons. The topological polar surface area (TPSA) is 108 Å². The Morgan fingerprint density at radius 3 is 2.37 bits per heavy atom. The summed E-state index contributed by atoms with van der Waals surface area (Å²) in [7, 11) is -2.05. The molecule has 4 aromatic carbocycles. The van der Waals surface area contributed by atoms with Gasteiger partial charge in [0, 0.05) is 31.2 Å². The molecular formula is C35H38FN3O6S. The molecule has 0 spiro atoms. The lowest BCUT2D eigenvalue weighted by atomic mass is 9.99. The molecule has 1 aliphatic heterocycles. The molecule has 0 saturated heterocycles. The molecule has 5 rings (SSSR count). The highest BCUT2D eigenvalue weighted by atomic mass is 32.2. The zero-order chi connectivity index (χ0) is 32.8. The van der Waals surface area contributed by atoms with E-state index < -0.39 is 21.9 Å². The smallest absolute Gasteiger partial charge is 0.261 e. The van der Waals surface area contributed by atoms with E-state index in [9.17, 15) is 22.7 Å². The number of carbonyl (C=O) groups is 1. The van der Waals surface area contributed by atoms with Crippen LogP contribution in [0.1, 0.15) is 29.8 Å². The fraction of sp³-hybridized carbons (Fsp3) is 0.286. The lowest BCUT2D eigenvalue weighted by Gasteiger charge is -2.38. The Morgan fingerprint density at radius 1 is 1.02 bits per heavy atom. The van der Waals surface area contributed by atoms with E-state index in [1.807, 2.05) is 68.6 Å². The minimum Gasteiger partial charge on any atom is -0.488 e. The zero-order valence-corrected chi connectivity index (χ0v) is 26.8. The van der Waals surface area contributed by atoms with Gasteiger partial charge in [-0.2, -0.15) is 0 Å². The first-order valence-corrected chi connectivity index (χ1v) is 16.5. The molecule has 2 N–H and O–H groups in total. The van der Waals surface area contributed by atoms with E-state index in [1.165, 1.54) is 24.3 Å². The zero-order valence-electron chi connectivity index (χ0n) is 26.0. The van der Waals surface area contributed by atoms with Crippen LogP contribution >= 0.6 is 0 Å². The van der Waals surface area contributed by atoms with Crippen LogP contribution in [0.5, 0.6) is 17.2 Å². The first-order chi connectivity index (χ1) is 22.0. The number of fused-ring (bicyclic) bond motifs is 1. The fourth-order valence-corrected chi connectivity index (χ4v) is 6.35. The van der Waals surface area contributed by atoms with Gasteiger partial charge in [0.1, 0.15) is 29.2 Å². The predicted octanol–water partition coefficient (Wildman–Crippen LogP) is 5.77. The summed E-state index contributed by atoms with van der Waals surface area (Å²) < 4.78 is 54.1. The van der Waals surface area contributed by atoms with E-state index in [4.69, 9.17) is 9.47 Å². The van der Waals surface area contributed by atoms with E-state index >= 15 is 0 Å². The number of likely N-dealkylation sites (N-methyl/N-ethyl adjacent to an activating group) is 1. The van der Waals surface area contributed by atoms with Gasteiger partial charge in [0.25, 0.3) is 15.9 Å².